The molecule has 5 atom stereocenters. The maximum atomic E-state index is 10.6. The van der Waals surface area contributed by atoms with Gasteiger partial charge in [-0.2, -0.15) is 0 Å². The SMILES string of the molecule is [CH][C@@H]1O[C@@H](C2COC(=O)O2)[C@H](O)C1O. The van der Waals surface area contributed by atoms with Crippen LogP contribution < -0.4 is 0 Å². The van der Waals surface area contributed by atoms with Crippen molar-refractivity contribution in [2.75, 3.05) is 6.61 Å². The van der Waals surface area contributed by atoms with E-state index in [0.717, 1.165) is 0 Å². The first kappa shape index (κ1) is 9.70. The zero-order valence-electron chi connectivity index (χ0n) is 7.20. The lowest BCUT2D eigenvalue weighted by Gasteiger charge is -2.17. The van der Waals surface area contributed by atoms with E-state index in [0.29, 0.717) is 0 Å². The number of rotatable bonds is 1. The van der Waals surface area contributed by atoms with Crippen molar-refractivity contribution in [1.82, 2.24) is 0 Å². The van der Waals surface area contributed by atoms with Gasteiger partial charge in [0.05, 0.1) is 6.10 Å². The van der Waals surface area contributed by atoms with Crippen LogP contribution in [0.3, 0.4) is 0 Å². The summed E-state index contributed by atoms with van der Waals surface area (Å²) in [5, 5.41) is 18.8. The van der Waals surface area contributed by atoms with Gasteiger partial charge < -0.3 is 24.4 Å². The van der Waals surface area contributed by atoms with E-state index in [4.69, 9.17) is 16.4 Å². The van der Waals surface area contributed by atoms with Gasteiger partial charge >= 0.3 is 6.16 Å². The summed E-state index contributed by atoms with van der Waals surface area (Å²) < 4.78 is 14.3. The molecule has 0 bridgehead atoms. The summed E-state index contributed by atoms with van der Waals surface area (Å²) in [6, 6.07) is 0. The van der Waals surface area contributed by atoms with Crippen molar-refractivity contribution in [3.05, 3.63) is 6.92 Å². The fourth-order valence-electron chi connectivity index (χ4n) is 1.54. The predicted molar refractivity (Wildman–Crippen MR) is 41.2 cm³/mol. The third-order valence-corrected chi connectivity index (χ3v) is 2.32. The molecule has 2 fully saturated rings. The van der Waals surface area contributed by atoms with Crippen molar-refractivity contribution in [3.63, 3.8) is 0 Å². The number of hydrogen-bond acceptors (Lipinski definition) is 6. The third kappa shape index (κ3) is 1.45. The molecule has 0 aromatic carbocycles. The van der Waals surface area contributed by atoms with Crippen LogP contribution in [0.2, 0.25) is 0 Å². The Balaban J connectivity index is 2.02. The molecule has 2 rings (SSSR count). The minimum absolute atomic E-state index is 0.000000000000000222. The molecule has 0 aromatic heterocycles. The Labute approximate surface area is 80.4 Å². The second-order valence-electron chi connectivity index (χ2n) is 3.26. The summed E-state index contributed by atoms with van der Waals surface area (Å²) in [5.74, 6) is 0. The number of carbonyl (C=O) groups excluding carboxylic acids is 1. The standard InChI is InChI=1S/C8H10O6/c1-3-5(9)6(10)7(13-3)4-2-12-8(11)14-4/h1,3-7,9-10H,2H2/t3-,4?,5?,6+,7-/m0/s1. The number of hydrogen-bond donors (Lipinski definition) is 2. The van der Waals surface area contributed by atoms with Crippen molar-refractivity contribution in [3.8, 4) is 0 Å². The van der Waals surface area contributed by atoms with Crippen molar-refractivity contribution in [1.29, 1.82) is 0 Å². The van der Waals surface area contributed by atoms with Gasteiger partial charge in [-0.05, 0) is 6.92 Å². The average molecular weight is 202 g/mol. The maximum absolute atomic E-state index is 10.6. The van der Waals surface area contributed by atoms with Crippen LogP contribution >= 0.6 is 0 Å². The second-order valence-corrected chi connectivity index (χ2v) is 3.26. The van der Waals surface area contributed by atoms with Gasteiger partial charge in [-0.1, -0.05) is 0 Å². The van der Waals surface area contributed by atoms with Gasteiger partial charge in [-0.25, -0.2) is 4.79 Å². The Morgan fingerprint density at radius 2 is 2.07 bits per heavy atom. The molecular weight excluding hydrogens is 192 g/mol. The van der Waals surface area contributed by atoms with E-state index in [1.165, 1.54) is 0 Å². The normalized spacial score (nSPS) is 47.6. The first-order valence-corrected chi connectivity index (χ1v) is 4.20. The van der Waals surface area contributed by atoms with Gasteiger partial charge in [0.15, 0.2) is 6.10 Å². The number of cyclic esters (lactones) is 2. The van der Waals surface area contributed by atoms with E-state index in [-0.39, 0.29) is 6.61 Å². The summed E-state index contributed by atoms with van der Waals surface area (Å²) in [6.45, 7) is 5.35. The van der Waals surface area contributed by atoms with Crippen LogP contribution in [-0.2, 0) is 14.2 Å². The monoisotopic (exact) mass is 202 g/mol. The van der Waals surface area contributed by atoms with Crippen molar-refractivity contribution in [2.45, 2.75) is 30.5 Å². The Morgan fingerprint density at radius 1 is 1.36 bits per heavy atom. The highest BCUT2D eigenvalue weighted by Gasteiger charge is 2.48. The molecule has 2 aliphatic rings. The van der Waals surface area contributed by atoms with Crippen molar-refractivity contribution >= 4 is 6.16 Å². The van der Waals surface area contributed by atoms with E-state index < -0.39 is 36.7 Å². The topological polar surface area (TPSA) is 85.2 Å². The maximum Gasteiger partial charge on any atom is 0.508 e. The van der Waals surface area contributed by atoms with E-state index in [9.17, 15) is 15.0 Å². The summed E-state index contributed by atoms with van der Waals surface area (Å²) >= 11 is 0. The van der Waals surface area contributed by atoms with Gasteiger partial charge in [-0.3, -0.25) is 0 Å². The molecule has 0 aliphatic carbocycles. The molecule has 0 amide bonds. The molecule has 0 spiro atoms. The molecule has 6 nitrogen and oxygen atoms in total. The largest absolute Gasteiger partial charge is 0.508 e. The van der Waals surface area contributed by atoms with Gasteiger partial charge in [0.25, 0.3) is 0 Å². The van der Waals surface area contributed by atoms with Crippen molar-refractivity contribution < 1.29 is 29.2 Å². The fraction of sp³-hybridized carbons (Fsp3) is 0.750. The van der Waals surface area contributed by atoms with Crippen LogP contribution in [0, 0.1) is 6.92 Å². The first-order chi connectivity index (χ1) is 6.59. The van der Waals surface area contributed by atoms with Crippen LogP contribution in [0.4, 0.5) is 4.79 Å². The van der Waals surface area contributed by atoms with Gasteiger partial charge in [0.1, 0.15) is 24.9 Å². The molecule has 2 heterocycles. The van der Waals surface area contributed by atoms with Crippen LogP contribution in [0.25, 0.3) is 0 Å². The summed E-state index contributed by atoms with van der Waals surface area (Å²) in [6.07, 6.45) is -5.63. The van der Waals surface area contributed by atoms with E-state index in [2.05, 4.69) is 4.74 Å². The molecule has 6 heteroatoms. The average Bonchev–Trinajstić information content (AvgIpc) is 2.66. The lowest BCUT2D eigenvalue weighted by molar-refractivity contribution is -0.0471. The van der Waals surface area contributed by atoms with Gasteiger partial charge in [0.2, 0.25) is 0 Å². The molecule has 0 aromatic rings. The highest BCUT2D eigenvalue weighted by atomic mass is 16.8. The quantitative estimate of drug-likeness (QED) is 0.515. The second kappa shape index (κ2) is 3.38. The fourth-order valence-corrected chi connectivity index (χ4v) is 1.54. The number of aliphatic hydroxyl groups excluding tert-OH is 2. The zero-order valence-corrected chi connectivity index (χ0v) is 7.20. The van der Waals surface area contributed by atoms with Crippen LogP contribution in [0.5, 0.6) is 0 Å². The zero-order chi connectivity index (χ0) is 10.3. The molecule has 14 heavy (non-hydrogen) atoms. The number of aliphatic hydroxyl groups is 2. The van der Waals surface area contributed by atoms with Crippen LogP contribution in [-0.4, -0.2) is 53.5 Å². The molecule has 2 unspecified atom stereocenters. The number of carbonyl (C=O) groups is 1. The number of ether oxygens (including phenoxy) is 3. The molecule has 2 aliphatic heterocycles. The Kier molecular flexibility index (Phi) is 2.34. The van der Waals surface area contributed by atoms with Crippen LogP contribution in [0.1, 0.15) is 0 Å². The Hall–Kier alpha value is -0.850. The minimum atomic E-state index is -1.17. The Morgan fingerprint density at radius 3 is 2.50 bits per heavy atom. The van der Waals surface area contributed by atoms with Gasteiger partial charge in [-0.15, -0.1) is 0 Å². The van der Waals surface area contributed by atoms with Crippen LogP contribution in [0.15, 0.2) is 0 Å². The molecular formula is C8H10O6. The lowest BCUT2D eigenvalue weighted by atomic mass is 10.1. The minimum Gasteiger partial charge on any atom is -0.430 e. The van der Waals surface area contributed by atoms with Gasteiger partial charge in [0, 0.05) is 0 Å². The first-order valence-electron chi connectivity index (χ1n) is 4.20. The highest BCUT2D eigenvalue weighted by molar-refractivity contribution is 5.62. The third-order valence-electron chi connectivity index (χ3n) is 2.32. The van der Waals surface area contributed by atoms with E-state index in [1.54, 1.807) is 0 Å². The molecule has 78 valence electrons. The highest BCUT2D eigenvalue weighted by Crippen LogP contribution is 2.26. The Bertz CT molecular complexity index is 242. The predicted octanol–water partition coefficient (Wildman–Crippen LogP) is -1.28. The van der Waals surface area contributed by atoms with Crippen molar-refractivity contribution in [2.24, 2.45) is 0 Å². The summed E-state index contributed by atoms with van der Waals surface area (Å²) in [5.41, 5.74) is 0. The van der Waals surface area contributed by atoms with E-state index in [1.807, 2.05) is 0 Å². The summed E-state index contributed by atoms with van der Waals surface area (Å²) in [7, 11) is 0. The lowest BCUT2D eigenvalue weighted by Crippen LogP contribution is -2.39. The smallest absolute Gasteiger partial charge is 0.430 e. The molecule has 0 saturated carbocycles. The molecule has 2 N–H and O–H groups in total. The summed E-state index contributed by atoms with van der Waals surface area (Å²) in [4.78, 5) is 10.6. The van der Waals surface area contributed by atoms with E-state index >= 15 is 0 Å². The molecule has 2 saturated heterocycles. The molecule has 2 radical (unpaired) electrons.